The van der Waals surface area contributed by atoms with Crippen LogP contribution in [0.5, 0.6) is 11.5 Å². The molecule has 1 unspecified atom stereocenters. The van der Waals surface area contributed by atoms with Crippen molar-refractivity contribution in [1.29, 1.82) is 5.26 Å². The lowest BCUT2D eigenvalue weighted by Crippen LogP contribution is -2.23. The van der Waals surface area contributed by atoms with Crippen LogP contribution in [0.3, 0.4) is 0 Å². The molecule has 0 radical (unpaired) electrons. The van der Waals surface area contributed by atoms with E-state index in [0.717, 1.165) is 0 Å². The number of benzene rings is 1. The number of aromatic nitrogens is 2. The summed E-state index contributed by atoms with van der Waals surface area (Å²) < 4.78 is 10.8. The fourth-order valence-corrected chi connectivity index (χ4v) is 2.29. The Balaban J connectivity index is 2.52. The van der Waals surface area contributed by atoms with Crippen molar-refractivity contribution >= 4 is 30.3 Å². The zero-order valence-electron chi connectivity index (χ0n) is 13.9. The molecule has 8 nitrogen and oxygen atoms in total. The quantitative estimate of drug-likeness (QED) is 0.663. The highest BCUT2D eigenvalue weighted by Gasteiger charge is 2.17. The predicted molar refractivity (Wildman–Crippen MR) is 96.6 cm³/mol. The highest BCUT2D eigenvalue weighted by atomic mass is 32.1. The number of hydrogen-bond acceptors (Lipinski definition) is 6. The molecule has 0 aliphatic carbocycles. The summed E-state index contributed by atoms with van der Waals surface area (Å²) >= 11 is 4.91. The van der Waals surface area contributed by atoms with Gasteiger partial charge in [-0.05, 0) is 37.4 Å². The van der Waals surface area contributed by atoms with E-state index in [4.69, 9.17) is 32.1 Å². The Labute approximate surface area is 153 Å². The molecule has 0 bridgehead atoms. The van der Waals surface area contributed by atoms with Crippen LogP contribution in [0.1, 0.15) is 23.7 Å². The number of para-hydroxylation sites is 1. The SMILES string of the molecule is COc1cccc(/C=C/c2[nH]c(=S)[nH]c(=O)c2C#N)c1OC(C)C(=O)O. The minimum absolute atomic E-state index is 0.0789. The first-order valence-corrected chi connectivity index (χ1v) is 7.79. The zero-order chi connectivity index (χ0) is 19.3. The number of nitrogens with zero attached hydrogens (tertiary/aromatic N) is 1. The van der Waals surface area contributed by atoms with E-state index in [9.17, 15) is 9.59 Å². The second-order valence-corrected chi connectivity index (χ2v) is 5.53. The lowest BCUT2D eigenvalue weighted by molar-refractivity contribution is -0.144. The number of carboxylic acid groups (broad SMARTS) is 1. The third-order valence-electron chi connectivity index (χ3n) is 3.38. The van der Waals surface area contributed by atoms with Crippen LogP contribution in [0.2, 0.25) is 0 Å². The molecular formula is C17H15N3O5S. The van der Waals surface area contributed by atoms with Gasteiger partial charge in [0.05, 0.1) is 12.8 Å². The van der Waals surface area contributed by atoms with Crippen LogP contribution in [-0.4, -0.2) is 34.3 Å². The van der Waals surface area contributed by atoms with Crippen LogP contribution in [0.25, 0.3) is 12.2 Å². The predicted octanol–water partition coefficient (Wildman–Crippen LogP) is 2.34. The molecule has 1 atom stereocenters. The van der Waals surface area contributed by atoms with E-state index < -0.39 is 17.6 Å². The highest BCUT2D eigenvalue weighted by Crippen LogP contribution is 2.33. The summed E-state index contributed by atoms with van der Waals surface area (Å²) in [7, 11) is 1.43. The number of hydrogen-bond donors (Lipinski definition) is 3. The van der Waals surface area contributed by atoms with E-state index in [2.05, 4.69) is 9.97 Å². The van der Waals surface area contributed by atoms with E-state index in [1.165, 1.54) is 20.1 Å². The van der Waals surface area contributed by atoms with Gasteiger partial charge in [0.2, 0.25) is 0 Å². The fourth-order valence-electron chi connectivity index (χ4n) is 2.09. The van der Waals surface area contributed by atoms with Crippen molar-refractivity contribution in [1.82, 2.24) is 9.97 Å². The minimum atomic E-state index is -1.13. The van der Waals surface area contributed by atoms with Gasteiger partial charge in [-0.3, -0.25) is 9.78 Å². The van der Waals surface area contributed by atoms with Gasteiger partial charge in [-0.2, -0.15) is 5.26 Å². The molecule has 1 aromatic carbocycles. The average Bonchev–Trinajstić information content (AvgIpc) is 2.60. The Hall–Kier alpha value is -3.38. The van der Waals surface area contributed by atoms with Gasteiger partial charge in [-0.1, -0.05) is 12.1 Å². The van der Waals surface area contributed by atoms with Crippen molar-refractivity contribution in [2.75, 3.05) is 7.11 Å². The number of methoxy groups -OCH3 is 1. The molecule has 2 aromatic rings. The molecule has 2 rings (SSSR count). The molecule has 0 fully saturated rings. The topological polar surface area (TPSA) is 128 Å². The molecule has 1 aromatic heterocycles. The highest BCUT2D eigenvalue weighted by molar-refractivity contribution is 7.71. The molecule has 26 heavy (non-hydrogen) atoms. The van der Waals surface area contributed by atoms with Crippen LogP contribution < -0.4 is 15.0 Å². The van der Waals surface area contributed by atoms with E-state index in [1.54, 1.807) is 30.3 Å². The molecule has 0 spiro atoms. The molecule has 0 amide bonds. The summed E-state index contributed by atoms with van der Waals surface area (Å²) in [6.07, 6.45) is 1.95. The number of rotatable bonds is 6. The Morgan fingerprint density at radius 3 is 2.73 bits per heavy atom. The van der Waals surface area contributed by atoms with Crippen molar-refractivity contribution in [2.45, 2.75) is 13.0 Å². The van der Waals surface area contributed by atoms with Crippen molar-refractivity contribution in [3.8, 4) is 17.6 Å². The summed E-state index contributed by atoms with van der Waals surface area (Å²) in [6, 6.07) is 6.81. The summed E-state index contributed by atoms with van der Waals surface area (Å²) in [5.41, 5.74) is -0.00104. The second kappa shape index (κ2) is 8.13. The first kappa shape index (κ1) is 19.0. The molecule has 3 N–H and O–H groups in total. The third kappa shape index (κ3) is 4.17. The van der Waals surface area contributed by atoms with Gasteiger partial charge >= 0.3 is 5.97 Å². The van der Waals surface area contributed by atoms with Crippen molar-refractivity contribution < 1.29 is 19.4 Å². The summed E-state index contributed by atoms with van der Waals surface area (Å²) in [5.74, 6) is -0.557. The van der Waals surface area contributed by atoms with E-state index in [0.29, 0.717) is 11.3 Å². The normalized spacial score (nSPS) is 11.7. The van der Waals surface area contributed by atoms with Gasteiger partial charge in [0, 0.05) is 5.56 Å². The van der Waals surface area contributed by atoms with Crippen molar-refractivity contribution in [3.05, 3.63) is 50.1 Å². The molecule has 134 valence electrons. The molecule has 0 saturated carbocycles. The molecular weight excluding hydrogens is 358 g/mol. The summed E-state index contributed by atoms with van der Waals surface area (Å²) in [6.45, 7) is 1.39. The van der Waals surface area contributed by atoms with Crippen LogP contribution in [0.4, 0.5) is 0 Å². The molecule has 0 saturated heterocycles. The number of carbonyl (C=O) groups is 1. The van der Waals surface area contributed by atoms with E-state index in [1.807, 2.05) is 0 Å². The maximum Gasteiger partial charge on any atom is 0.344 e. The van der Waals surface area contributed by atoms with E-state index in [-0.39, 0.29) is 21.8 Å². The Bertz CT molecular complexity index is 1020. The summed E-state index contributed by atoms with van der Waals surface area (Å²) in [5, 5.41) is 18.2. The van der Waals surface area contributed by atoms with Crippen LogP contribution in [0, 0.1) is 16.1 Å². The number of H-pyrrole nitrogens is 2. The van der Waals surface area contributed by atoms with Gasteiger partial charge < -0.3 is 19.6 Å². The van der Waals surface area contributed by atoms with Gasteiger partial charge in [0.1, 0.15) is 11.6 Å². The third-order valence-corrected chi connectivity index (χ3v) is 3.59. The van der Waals surface area contributed by atoms with Gasteiger partial charge in [-0.15, -0.1) is 0 Å². The van der Waals surface area contributed by atoms with Crippen LogP contribution >= 0.6 is 12.2 Å². The number of aliphatic carboxylic acids is 1. The van der Waals surface area contributed by atoms with Crippen molar-refractivity contribution in [3.63, 3.8) is 0 Å². The average molecular weight is 373 g/mol. The zero-order valence-corrected chi connectivity index (χ0v) is 14.7. The number of nitriles is 1. The maximum atomic E-state index is 11.8. The first-order valence-electron chi connectivity index (χ1n) is 7.38. The lowest BCUT2D eigenvalue weighted by Gasteiger charge is -2.16. The second-order valence-electron chi connectivity index (χ2n) is 5.12. The minimum Gasteiger partial charge on any atom is -0.493 e. The standard InChI is InChI=1S/C17H15N3O5S/c1-9(16(22)23)25-14-10(4-3-5-13(14)24-2)6-7-12-11(8-18)15(21)20-17(26)19-12/h3-7,9H,1-2H3,(H,22,23)(H2,19,20,21,26)/b7-6+. The van der Waals surface area contributed by atoms with Crippen molar-refractivity contribution in [2.24, 2.45) is 0 Å². The Morgan fingerprint density at radius 1 is 1.38 bits per heavy atom. The van der Waals surface area contributed by atoms with Gasteiger partial charge in [0.15, 0.2) is 22.4 Å². The molecule has 9 heteroatoms. The number of carboxylic acids is 1. The monoisotopic (exact) mass is 373 g/mol. The van der Waals surface area contributed by atoms with Crippen LogP contribution in [-0.2, 0) is 4.79 Å². The first-order chi connectivity index (χ1) is 12.4. The van der Waals surface area contributed by atoms with E-state index >= 15 is 0 Å². The van der Waals surface area contributed by atoms with Gasteiger partial charge in [-0.25, -0.2) is 4.79 Å². The van der Waals surface area contributed by atoms with Gasteiger partial charge in [0.25, 0.3) is 5.56 Å². The summed E-state index contributed by atoms with van der Waals surface area (Å²) in [4.78, 5) is 27.9. The Morgan fingerprint density at radius 2 is 2.12 bits per heavy atom. The molecule has 0 aliphatic rings. The molecule has 0 aliphatic heterocycles. The lowest BCUT2D eigenvalue weighted by atomic mass is 10.1. The number of nitrogens with one attached hydrogen (secondary N) is 2. The largest absolute Gasteiger partial charge is 0.493 e. The smallest absolute Gasteiger partial charge is 0.344 e. The number of aromatic amines is 2. The Kier molecular flexibility index (Phi) is 5.93. The fraction of sp³-hybridized carbons (Fsp3) is 0.176. The molecule has 1 heterocycles. The number of ether oxygens (including phenoxy) is 2. The van der Waals surface area contributed by atoms with Crippen LogP contribution in [0.15, 0.2) is 23.0 Å². The maximum absolute atomic E-state index is 11.8.